The molecule has 0 amide bonds. The Hall–Kier alpha value is -2.08. The van der Waals surface area contributed by atoms with Crippen LogP contribution in [0.15, 0.2) is 29.3 Å². The van der Waals surface area contributed by atoms with Gasteiger partial charge >= 0.3 is 0 Å². The van der Waals surface area contributed by atoms with Crippen LogP contribution in [0.2, 0.25) is 0 Å². The van der Waals surface area contributed by atoms with Crippen LogP contribution in [0.5, 0.6) is 0 Å². The molecule has 0 aliphatic rings. The van der Waals surface area contributed by atoms with E-state index in [0.29, 0.717) is 17.1 Å². The maximum atomic E-state index is 13.0. The van der Waals surface area contributed by atoms with E-state index < -0.39 is 5.82 Å². The van der Waals surface area contributed by atoms with Crippen molar-refractivity contribution in [3.05, 3.63) is 46.5 Å². The molecule has 0 saturated carbocycles. The zero-order valence-electron chi connectivity index (χ0n) is 9.11. The first kappa shape index (κ1) is 11.4. The van der Waals surface area contributed by atoms with Gasteiger partial charge in [0.2, 0.25) is 0 Å². The fourth-order valence-electron chi connectivity index (χ4n) is 1.41. The van der Waals surface area contributed by atoms with Crippen LogP contribution in [0.25, 0.3) is 11.3 Å². The second kappa shape index (κ2) is 4.84. The molecule has 0 atom stereocenters. The smallest absolute Gasteiger partial charge is 0.251 e. The SMILES string of the molecule is COCc1nc(-c2cncc(F)c2)cc(=O)[nH]1. The van der Waals surface area contributed by atoms with E-state index in [-0.39, 0.29) is 12.2 Å². The van der Waals surface area contributed by atoms with Crippen molar-refractivity contribution in [3.8, 4) is 11.3 Å². The van der Waals surface area contributed by atoms with E-state index in [1.807, 2.05) is 0 Å². The first-order valence-electron chi connectivity index (χ1n) is 4.89. The molecule has 6 heteroatoms. The van der Waals surface area contributed by atoms with Crippen LogP contribution in [-0.2, 0) is 11.3 Å². The van der Waals surface area contributed by atoms with E-state index in [1.165, 1.54) is 25.4 Å². The van der Waals surface area contributed by atoms with Gasteiger partial charge in [-0.25, -0.2) is 9.37 Å². The average Bonchev–Trinajstić information content (AvgIpc) is 2.28. The Kier molecular flexibility index (Phi) is 3.24. The van der Waals surface area contributed by atoms with E-state index >= 15 is 0 Å². The summed E-state index contributed by atoms with van der Waals surface area (Å²) >= 11 is 0. The fourth-order valence-corrected chi connectivity index (χ4v) is 1.41. The molecule has 88 valence electrons. The number of halogens is 1. The topological polar surface area (TPSA) is 67.9 Å². The summed E-state index contributed by atoms with van der Waals surface area (Å²) in [5, 5.41) is 0. The van der Waals surface area contributed by atoms with Crippen LogP contribution in [-0.4, -0.2) is 22.1 Å². The first-order valence-corrected chi connectivity index (χ1v) is 4.89. The van der Waals surface area contributed by atoms with E-state index in [2.05, 4.69) is 15.0 Å². The second-order valence-corrected chi connectivity index (χ2v) is 3.40. The number of H-pyrrole nitrogens is 1. The van der Waals surface area contributed by atoms with Crippen LogP contribution in [0.4, 0.5) is 4.39 Å². The molecule has 17 heavy (non-hydrogen) atoms. The number of rotatable bonds is 3. The summed E-state index contributed by atoms with van der Waals surface area (Å²) in [6.07, 6.45) is 2.54. The van der Waals surface area contributed by atoms with E-state index in [0.717, 1.165) is 6.20 Å². The Balaban J connectivity index is 2.48. The highest BCUT2D eigenvalue weighted by Gasteiger charge is 2.05. The van der Waals surface area contributed by atoms with Gasteiger partial charge in [-0.2, -0.15) is 0 Å². The minimum atomic E-state index is -0.474. The largest absolute Gasteiger partial charge is 0.377 e. The molecule has 5 nitrogen and oxygen atoms in total. The van der Waals surface area contributed by atoms with Gasteiger partial charge < -0.3 is 9.72 Å². The summed E-state index contributed by atoms with van der Waals surface area (Å²) in [5.74, 6) is -0.0860. The third kappa shape index (κ3) is 2.73. The number of ether oxygens (including phenoxy) is 1. The van der Waals surface area contributed by atoms with Crippen molar-refractivity contribution in [2.75, 3.05) is 7.11 Å². The van der Waals surface area contributed by atoms with Gasteiger partial charge in [0, 0.05) is 24.9 Å². The summed E-state index contributed by atoms with van der Waals surface area (Å²) in [7, 11) is 1.50. The summed E-state index contributed by atoms with van der Waals surface area (Å²) in [4.78, 5) is 21.8. The number of aromatic amines is 1. The molecular formula is C11H10FN3O2. The molecule has 2 aromatic heterocycles. The Morgan fingerprint density at radius 2 is 2.24 bits per heavy atom. The van der Waals surface area contributed by atoms with Gasteiger partial charge in [-0.1, -0.05) is 0 Å². The number of nitrogens with one attached hydrogen (secondary N) is 1. The van der Waals surface area contributed by atoms with Crippen molar-refractivity contribution >= 4 is 0 Å². The van der Waals surface area contributed by atoms with E-state index in [9.17, 15) is 9.18 Å². The number of hydrogen-bond acceptors (Lipinski definition) is 4. The Bertz CT molecular complexity index is 583. The van der Waals surface area contributed by atoms with Crippen LogP contribution < -0.4 is 5.56 Å². The Morgan fingerprint density at radius 3 is 2.94 bits per heavy atom. The monoisotopic (exact) mass is 235 g/mol. The predicted octanol–water partition coefficient (Wildman–Crippen LogP) is 1.12. The molecule has 0 unspecified atom stereocenters. The van der Waals surface area contributed by atoms with Gasteiger partial charge in [-0.3, -0.25) is 9.78 Å². The zero-order chi connectivity index (χ0) is 12.3. The van der Waals surface area contributed by atoms with Crippen molar-refractivity contribution in [2.24, 2.45) is 0 Å². The number of methoxy groups -OCH3 is 1. The zero-order valence-corrected chi connectivity index (χ0v) is 9.11. The first-order chi connectivity index (χ1) is 8.19. The Labute approximate surface area is 96.3 Å². The third-order valence-electron chi connectivity index (χ3n) is 2.07. The van der Waals surface area contributed by atoms with Crippen molar-refractivity contribution in [1.82, 2.24) is 15.0 Å². The molecule has 2 rings (SSSR count). The third-order valence-corrected chi connectivity index (χ3v) is 2.07. The normalized spacial score (nSPS) is 10.5. The molecule has 0 fully saturated rings. The van der Waals surface area contributed by atoms with Gasteiger partial charge in [-0.15, -0.1) is 0 Å². The summed E-state index contributed by atoms with van der Waals surface area (Å²) in [6.45, 7) is 0.186. The number of nitrogens with zero attached hydrogens (tertiary/aromatic N) is 2. The quantitative estimate of drug-likeness (QED) is 0.865. The number of pyridine rings is 1. The molecule has 0 bridgehead atoms. The van der Waals surface area contributed by atoms with Crippen LogP contribution in [0.1, 0.15) is 5.82 Å². The Morgan fingerprint density at radius 1 is 1.41 bits per heavy atom. The maximum Gasteiger partial charge on any atom is 0.251 e. The fraction of sp³-hybridized carbons (Fsp3) is 0.182. The summed E-state index contributed by atoms with van der Waals surface area (Å²) in [6, 6.07) is 2.56. The van der Waals surface area contributed by atoms with Crippen molar-refractivity contribution < 1.29 is 9.13 Å². The molecule has 0 aromatic carbocycles. The summed E-state index contributed by atoms with van der Waals surface area (Å²) in [5.41, 5.74) is 0.507. The molecule has 0 saturated heterocycles. The van der Waals surface area contributed by atoms with Crippen molar-refractivity contribution in [2.45, 2.75) is 6.61 Å². The molecule has 0 radical (unpaired) electrons. The van der Waals surface area contributed by atoms with Crippen molar-refractivity contribution in [1.29, 1.82) is 0 Å². The molecule has 0 spiro atoms. The van der Waals surface area contributed by atoms with Crippen LogP contribution in [0, 0.1) is 5.82 Å². The average molecular weight is 235 g/mol. The van der Waals surface area contributed by atoms with Gasteiger partial charge in [-0.05, 0) is 6.07 Å². The minimum Gasteiger partial charge on any atom is -0.377 e. The summed E-state index contributed by atoms with van der Waals surface area (Å²) < 4.78 is 17.9. The highest BCUT2D eigenvalue weighted by molar-refractivity contribution is 5.57. The lowest BCUT2D eigenvalue weighted by Gasteiger charge is -2.03. The van der Waals surface area contributed by atoms with E-state index in [1.54, 1.807) is 0 Å². The maximum absolute atomic E-state index is 13.0. The second-order valence-electron chi connectivity index (χ2n) is 3.40. The lowest BCUT2D eigenvalue weighted by atomic mass is 10.2. The van der Waals surface area contributed by atoms with Crippen LogP contribution >= 0.6 is 0 Å². The molecule has 2 heterocycles. The van der Waals surface area contributed by atoms with Gasteiger partial charge in [0.25, 0.3) is 5.56 Å². The molecular weight excluding hydrogens is 225 g/mol. The predicted molar refractivity (Wildman–Crippen MR) is 58.8 cm³/mol. The lowest BCUT2D eigenvalue weighted by Crippen LogP contribution is -2.11. The highest BCUT2D eigenvalue weighted by atomic mass is 19.1. The van der Waals surface area contributed by atoms with Gasteiger partial charge in [0.1, 0.15) is 18.2 Å². The van der Waals surface area contributed by atoms with E-state index in [4.69, 9.17) is 4.74 Å². The van der Waals surface area contributed by atoms with Crippen LogP contribution in [0.3, 0.4) is 0 Å². The molecule has 0 aliphatic heterocycles. The van der Waals surface area contributed by atoms with Gasteiger partial charge in [0.15, 0.2) is 0 Å². The standard InChI is InChI=1S/C11H10FN3O2/c1-17-6-10-14-9(3-11(16)15-10)7-2-8(12)5-13-4-7/h2-5H,6H2,1H3,(H,14,15,16). The lowest BCUT2D eigenvalue weighted by molar-refractivity contribution is 0.177. The van der Waals surface area contributed by atoms with Gasteiger partial charge in [0.05, 0.1) is 11.9 Å². The molecule has 2 aromatic rings. The highest BCUT2D eigenvalue weighted by Crippen LogP contribution is 2.14. The van der Waals surface area contributed by atoms with Crippen molar-refractivity contribution in [3.63, 3.8) is 0 Å². The minimum absolute atomic E-state index is 0.186. The molecule has 0 aliphatic carbocycles. The molecule has 1 N–H and O–H groups in total. The number of aromatic nitrogens is 3. The number of hydrogen-bond donors (Lipinski definition) is 1.